The van der Waals surface area contributed by atoms with E-state index in [1.165, 1.54) is 22.5 Å². The van der Waals surface area contributed by atoms with Gasteiger partial charge in [0.2, 0.25) is 10.0 Å². The molecule has 1 aromatic carbocycles. The van der Waals surface area contributed by atoms with E-state index in [9.17, 15) is 12.8 Å². The first-order valence-electron chi connectivity index (χ1n) is 6.54. The van der Waals surface area contributed by atoms with E-state index in [1.807, 2.05) is 0 Å². The van der Waals surface area contributed by atoms with Gasteiger partial charge in [0.15, 0.2) is 0 Å². The zero-order valence-corrected chi connectivity index (χ0v) is 11.6. The molecule has 1 atom stereocenters. The maximum atomic E-state index is 13.7. The summed E-state index contributed by atoms with van der Waals surface area (Å²) in [6, 6.07) is 5.49. The minimum absolute atomic E-state index is 0.0480. The second-order valence-electron chi connectivity index (χ2n) is 4.77. The predicted molar refractivity (Wildman–Crippen MR) is 71.6 cm³/mol. The van der Waals surface area contributed by atoms with Crippen molar-refractivity contribution in [2.75, 3.05) is 13.1 Å². The molecule has 0 amide bonds. The van der Waals surface area contributed by atoms with Crippen molar-refractivity contribution < 1.29 is 12.8 Å². The van der Waals surface area contributed by atoms with E-state index in [0.29, 0.717) is 13.1 Å². The van der Waals surface area contributed by atoms with E-state index in [-0.39, 0.29) is 10.9 Å². The zero-order chi connectivity index (χ0) is 13.9. The summed E-state index contributed by atoms with van der Waals surface area (Å²) in [7, 11) is -3.73. The van der Waals surface area contributed by atoms with Crippen molar-refractivity contribution in [2.45, 2.75) is 36.6 Å². The van der Waals surface area contributed by atoms with Crippen LogP contribution in [0.5, 0.6) is 0 Å². The Morgan fingerprint density at radius 2 is 2.11 bits per heavy atom. The van der Waals surface area contributed by atoms with Crippen LogP contribution in [0.3, 0.4) is 0 Å². The third-order valence-corrected chi connectivity index (χ3v) is 5.47. The third-order valence-electron chi connectivity index (χ3n) is 3.49. The first-order chi connectivity index (χ1) is 9.07. The highest BCUT2D eigenvalue weighted by Crippen LogP contribution is 2.29. The standard InChI is InChI=1S/C13H19FN2O2S/c14-12-7-1-2-8-13(12)19(17,18)16-10-4-6-11(16)5-3-9-15/h1-2,7-8,11H,3-6,9-10,15H2. The van der Waals surface area contributed by atoms with Crippen LogP contribution in [0.4, 0.5) is 4.39 Å². The largest absolute Gasteiger partial charge is 0.330 e. The highest BCUT2D eigenvalue weighted by molar-refractivity contribution is 7.89. The molecule has 1 unspecified atom stereocenters. The molecule has 1 aromatic rings. The van der Waals surface area contributed by atoms with Crippen LogP contribution in [0.25, 0.3) is 0 Å². The molecular formula is C13H19FN2O2S. The number of nitrogens with two attached hydrogens (primary N) is 1. The van der Waals surface area contributed by atoms with Gasteiger partial charge in [-0.3, -0.25) is 0 Å². The van der Waals surface area contributed by atoms with Gasteiger partial charge in [0, 0.05) is 12.6 Å². The van der Waals surface area contributed by atoms with Crippen LogP contribution in [-0.2, 0) is 10.0 Å². The van der Waals surface area contributed by atoms with Crippen molar-refractivity contribution in [3.8, 4) is 0 Å². The van der Waals surface area contributed by atoms with Gasteiger partial charge in [0.05, 0.1) is 0 Å². The van der Waals surface area contributed by atoms with E-state index >= 15 is 0 Å². The van der Waals surface area contributed by atoms with Gasteiger partial charge >= 0.3 is 0 Å². The van der Waals surface area contributed by atoms with E-state index in [4.69, 9.17) is 5.73 Å². The number of hydrogen-bond donors (Lipinski definition) is 1. The lowest BCUT2D eigenvalue weighted by Gasteiger charge is -2.24. The minimum atomic E-state index is -3.73. The number of sulfonamides is 1. The van der Waals surface area contributed by atoms with Crippen LogP contribution in [0, 0.1) is 5.82 Å². The Balaban J connectivity index is 2.26. The number of halogens is 1. The van der Waals surface area contributed by atoms with Crippen LogP contribution in [0.15, 0.2) is 29.2 Å². The third kappa shape index (κ3) is 2.96. The summed E-state index contributed by atoms with van der Waals surface area (Å²) in [6.07, 6.45) is 3.18. The van der Waals surface area contributed by atoms with Gasteiger partial charge in [-0.15, -0.1) is 0 Å². The van der Waals surface area contributed by atoms with Gasteiger partial charge in [-0.1, -0.05) is 12.1 Å². The fourth-order valence-corrected chi connectivity index (χ4v) is 4.34. The van der Waals surface area contributed by atoms with Crippen molar-refractivity contribution in [3.63, 3.8) is 0 Å². The second-order valence-corrected chi connectivity index (χ2v) is 6.63. The van der Waals surface area contributed by atoms with Crippen molar-refractivity contribution in [3.05, 3.63) is 30.1 Å². The molecule has 1 fully saturated rings. The van der Waals surface area contributed by atoms with Gasteiger partial charge in [-0.2, -0.15) is 4.31 Å². The molecule has 2 rings (SSSR count). The highest BCUT2D eigenvalue weighted by atomic mass is 32.2. The Hall–Kier alpha value is -0.980. The summed E-state index contributed by atoms with van der Waals surface area (Å²) in [5, 5.41) is 0. The van der Waals surface area contributed by atoms with Crippen molar-refractivity contribution >= 4 is 10.0 Å². The Morgan fingerprint density at radius 3 is 2.79 bits per heavy atom. The highest BCUT2D eigenvalue weighted by Gasteiger charge is 2.35. The minimum Gasteiger partial charge on any atom is -0.330 e. The number of rotatable bonds is 5. The van der Waals surface area contributed by atoms with Crippen LogP contribution < -0.4 is 5.73 Å². The quantitative estimate of drug-likeness (QED) is 0.896. The molecule has 4 nitrogen and oxygen atoms in total. The molecule has 6 heteroatoms. The average Bonchev–Trinajstić information content (AvgIpc) is 2.85. The monoisotopic (exact) mass is 286 g/mol. The molecule has 1 aliphatic rings. The maximum absolute atomic E-state index is 13.7. The zero-order valence-electron chi connectivity index (χ0n) is 10.8. The molecule has 1 saturated heterocycles. The van der Waals surface area contributed by atoms with Crippen molar-refractivity contribution in [1.29, 1.82) is 0 Å². The van der Waals surface area contributed by atoms with E-state index < -0.39 is 15.8 Å². The molecule has 2 N–H and O–H groups in total. The Kier molecular flexibility index (Phi) is 4.54. The predicted octanol–water partition coefficient (Wildman–Crippen LogP) is 1.72. The Labute approximate surface area is 113 Å². The molecular weight excluding hydrogens is 267 g/mol. The lowest BCUT2D eigenvalue weighted by atomic mass is 10.1. The molecule has 0 aliphatic carbocycles. The molecule has 106 valence electrons. The van der Waals surface area contributed by atoms with Crippen molar-refractivity contribution in [1.82, 2.24) is 4.31 Å². The van der Waals surface area contributed by atoms with Crippen LogP contribution >= 0.6 is 0 Å². The van der Waals surface area contributed by atoms with Gasteiger partial charge < -0.3 is 5.73 Å². The molecule has 0 saturated carbocycles. The number of hydrogen-bond acceptors (Lipinski definition) is 3. The van der Waals surface area contributed by atoms with Crippen LogP contribution in [-0.4, -0.2) is 31.9 Å². The van der Waals surface area contributed by atoms with E-state index in [2.05, 4.69) is 0 Å². The van der Waals surface area contributed by atoms with E-state index in [0.717, 1.165) is 25.7 Å². The summed E-state index contributed by atoms with van der Waals surface area (Å²) in [4.78, 5) is -0.227. The first kappa shape index (κ1) is 14.4. The fourth-order valence-electron chi connectivity index (χ4n) is 2.55. The molecule has 1 aliphatic heterocycles. The lowest BCUT2D eigenvalue weighted by molar-refractivity contribution is 0.363. The molecule has 0 aromatic heterocycles. The van der Waals surface area contributed by atoms with Gasteiger partial charge in [0.25, 0.3) is 0 Å². The number of benzene rings is 1. The molecule has 19 heavy (non-hydrogen) atoms. The maximum Gasteiger partial charge on any atom is 0.246 e. The van der Waals surface area contributed by atoms with Gasteiger partial charge in [-0.05, 0) is 44.4 Å². The summed E-state index contributed by atoms with van der Waals surface area (Å²) in [6.45, 7) is 1.01. The van der Waals surface area contributed by atoms with Crippen LogP contribution in [0.2, 0.25) is 0 Å². The topological polar surface area (TPSA) is 63.4 Å². The van der Waals surface area contributed by atoms with Crippen LogP contribution in [0.1, 0.15) is 25.7 Å². The van der Waals surface area contributed by atoms with Crippen molar-refractivity contribution in [2.24, 2.45) is 5.73 Å². The molecule has 0 radical (unpaired) electrons. The fraction of sp³-hybridized carbons (Fsp3) is 0.538. The second kappa shape index (κ2) is 5.98. The summed E-state index contributed by atoms with van der Waals surface area (Å²) in [5.41, 5.74) is 5.47. The smallest absolute Gasteiger partial charge is 0.246 e. The SMILES string of the molecule is NCCCC1CCCN1S(=O)(=O)c1ccccc1F. The Morgan fingerprint density at radius 1 is 1.37 bits per heavy atom. The normalized spacial score (nSPS) is 20.8. The summed E-state index contributed by atoms with van der Waals surface area (Å²) in [5.74, 6) is -0.688. The molecule has 1 heterocycles. The summed E-state index contributed by atoms with van der Waals surface area (Å²) < 4.78 is 40.1. The molecule has 0 bridgehead atoms. The average molecular weight is 286 g/mol. The lowest BCUT2D eigenvalue weighted by Crippen LogP contribution is -2.36. The van der Waals surface area contributed by atoms with Gasteiger partial charge in [0.1, 0.15) is 10.7 Å². The first-order valence-corrected chi connectivity index (χ1v) is 7.98. The summed E-state index contributed by atoms with van der Waals surface area (Å²) >= 11 is 0. The number of nitrogens with zero attached hydrogens (tertiary/aromatic N) is 1. The molecule has 0 spiro atoms. The Bertz CT molecular complexity index is 533. The van der Waals surface area contributed by atoms with E-state index in [1.54, 1.807) is 6.07 Å². The van der Waals surface area contributed by atoms with Gasteiger partial charge in [-0.25, -0.2) is 12.8 Å².